The Bertz CT molecular complexity index is 1450. The van der Waals surface area contributed by atoms with Crippen molar-refractivity contribution >= 4 is 25.9 Å². The predicted molar refractivity (Wildman–Crippen MR) is 135 cm³/mol. The average molecular weight is 550 g/mol. The summed E-state index contributed by atoms with van der Waals surface area (Å²) in [5.41, 5.74) is 0. The van der Waals surface area contributed by atoms with Gasteiger partial charge in [0.1, 0.15) is 12.4 Å². The number of pyridine rings is 1. The van der Waals surface area contributed by atoms with E-state index in [0.29, 0.717) is 11.6 Å². The Morgan fingerprint density at radius 3 is 2.38 bits per heavy atom. The van der Waals surface area contributed by atoms with Crippen LogP contribution in [0.3, 0.4) is 0 Å². The summed E-state index contributed by atoms with van der Waals surface area (Å²) in [6.45, 7) is 1.41. The second-order valence-electron chi connectivity index (χ2n) is 8.01. The summed E-state index contributed by atoms with van der Waals surface area (Å²) in [4.78, 5) is 12.8. The highest BCUT2D eigenvalue weighted by atomic mass is 32.2. The van der Waals surface area contributed by atoms with Crippen LogP contribution in [0.15, 0.2) is 53.7 Å². The predicted octanol–water partition coefficient (Wildman–Crippen LogP) is 2.67. The molecule has 0 bridgehead atoms. The molecule has 37 heavy (non-hydrogen) atoms. The second-order valence-corrected chi connectivity index (χ2v) is 11.7. The lowest BCUT2D eigenvalue weighted by Crippen LogP contribution is -2.29. The van der Waals surface area contributed by atoms with Crippen molar-refractivity contribution < 1.29 is 31.0 Å². The van der Waals surface area contributed by atoms with E-state index in [1.54, 1.807) is 36.4 Å². The first-order valence-electron chi connectivity index (χ1n) is 11.5. The molecule has 2 N–H and O–H groups in total. The third-order valence-electron chi connectivity index (χ3n) is 5.26. The number of rotatable bonds is 13. The van der Waals surface area contributed by atoms with Gasteiger partial charge >= 0.3 is 0 Å². The van der Waals surface area contributed by atoms with E-state index in [1.165, 1.54) is 26.3 Å². The van der Waals surface area contributed by atoms with Crippen LogP contribution in [0.1, 0.15) is 31.5 Å². The summed E-state index contributed by atoms with van der Waals surface area (Å²) >= 11 is 0. The lowest BCUT2D eigenvalue weighted by molar-refractivity contribution is 0.290. The van der Waals surface area contributed by atoms with Gasteiger partial charge in [-0.25, -0.2) is 23.1 Å². The van der Waals surface area contributed by atoms with Gasteiger partial charge in [0.05, 0.1) is 12.9 Å². The number of benzene rings is 1. The number of anilines is 1. The average Bonchev–Trinajstić information content (AvgIpc) is 3.74. The van der Waals surface area contributed by atoms with Crippen molar-refractivity contribution in [2.75, 3.05) is 30.7 Å². The SMILES string of the molecule is CCS(=O)(=O)NCCOc1nc(C2CC2)nc(NS(=O)(=O)c2ccccn2)c1Oc1ccccc1OC. The van der Waals surface area contributed by atoms with E-state index in [9.17, 15) is 16.8 Å². The van der Waals surface area contributed by atoms with E-state index in [-0.39, 0.29) is 53.0 Å². The van der Waals surface area contributed by atoms with Crippen molar-refractivity contribution in [1.29, 1.82) is 0 Å². The standard InChI is InChI=1S/C23H27N5O7S2/c1-3-36(29,30)25-14-15-34-23-20(35-18-9-5-4-8-17(18)33-2)22(26-21(27-23)16-11-12-16)28-37(31,32)19-10-6-7-13-24-19/h4-10,13,16,25H,3,11-12,14-15H2,1-2H3,(H,26,27,28). The third kappa shape index (κ3) is 6.84. The fraction of sp³-hybridized carbons (Fsp3) is 0.348. The van der Waals surface area contributed by atoms with Crippen LogP contribution < -0.4 is 23.7 Å². The number of methoxy groups -OCH3 is 1. The van der Waals surface area contributed by atoms with Gasteiger partial charge in [-0.1, -0.05) is 18.2 Å². The Labute approximate surface area is 215 Å². The molecule has 1 aliphatic carbocycles. The van der Waals surface area contributed by atoms with Gasteiger partial charge in [-0.2, -0.15) is 13.4 Å². The number of nitrogens with one attached hydrogen (secondary N) is 2. The van der Waals surface area contributed by atoms with Crippen LogP contribution in [0.25, 0.3) is 0 Å². The van der Waals surface area contributed by atoms with Crippen LogP contribution in [-0.2, 0) is 20.0 Å². The Morgan fingerprint density at radius 1 is 1.00 bits per heavy atom. The highest BCUT2D eigenvalue weighted by Gasteiger charge is 2.32. The van der Waals surface area contributed by atoms with Gasteiger partial charge in [0.15, 0.2) is 22.3 Å². The molecule has 1 saturated carbocycles. The zero-order valence-corrected chi connectivity index (χ0v) is 21.9. The van der Waals surface area contributed by atoms with Gasteiger partial charge in [0.25, 0.3) is 15.9 Å². The van der Waals surface area contributed by atoms with Crippen molar-refractivity contribution in [3.8, 4) is 23.1 Å². The lowest BCUT2D eigenvalue weighted by Gasteiger charge is -2.18. The van der Waals surface area contributed by atoms with Gasteiger partial charge in [0.2, 0.25) is 15.8 Å². The number of hydrogen-bond donors (Lipinski definition) is 2. The maximum atomic E-state index is 13.1. The maximum absolute atomic E-state index is 13.1. The van der Waals surface area contributed by atoms with Crippen LogP contribution >= 0.6 is 0 Å². The molecular formula is C23H27N5O7S2. The minimum absolute atomic E-state index is 0.0258. The summed E-state index contributed by atoms with van der Waals surface area (Å²) in [6, 6.07) is 11.3. The molecule has 0 atom stereocenters. The molecule has 0 saturated heterocycles. The van der Waals surface area contributed by atoms with Crippen LogP contribution in [-0.4, -0.2) is 57.8 Å². The van der Waals surface area contributed by atoms with E-state index in [0.717, 1.165) is 12.8 Å². The molecule has 2 heterocycles. The van der Waals surface area contributed by atoms with E-state index < -0.39 is 20.0 Å². The molecule has 1 aliphatic rings. The van der Waals surface area contributed by atoms with E-state index in [1.807, 2.05) is 0 Å². The van der Waals surface area contributed by atoms with Crippen molar-refractivity contribution in [2.24, 2.45) is 0 Å². The van der Waals surface area contributed by atoms with Gasteiger partial charge in [-0.05, 0) is 44.0 Å². The number of ether oxygens (including phenoxy) is 3. The first-order chi connectivity index (χ1) is 17.7. The number of sulfonamides is 2. The smallest absolute Gasteiger partial charge is 0.280 e. The van der Waals surface area contributed by atoms with Gasteiger partial charge in [-0.3, -0.25) is 4.72 Å². The number of aromatic nitrogens is 3. The zero-order valence-electron chi connectivity index (χ0n) is 20.2. The number of nitrogens with zero attached hydrogens (tertiary/aromatic N) is 3. The molecule has 0 spiro atoms. The van der Waals surface area contributed by atoms with E-state index in [2.05, 4.69) is 24.4 Å². The summed E-state index contributed by atoms with van der Waals surface area (Å²) in [7, 11) is -6.10. The normalized spacial score (nSPS) is 13.7. The molecule has 1 aromatic carbocycles. The van der Waals surface area contributed by atoms with Crippen LogP contribution in [0.2, 0.25) is 0 Å². The molecule has 14 heteroatoms. The highest BCUT2D eigenvalue weighted by Crippen LogP contribution is 2.44. The topological polar surface area (TPSA) is 159 Å². The fourth-order valence-corrected chi connectivity index (χ4v) is 4.73. The van der Waals surface area contributed by atoms with Gasteiger partial charge in [-0.15, -0.1) is 0 Å². The maximum Gasteiger partial charge on any atom is 0.280 e. The summed E-state index contributed by atoms with van der Waals surface area (Å²) < 4.78 is 71.8. The first-order valence-corrected chi connectivity index (χ1v) is 14.6. The summed E-state index contributed by atoms with van der Waals surface area (Å²) in [5, 5.41) is -0.207. The molecule has 0 unspecified atom stereocenters. The molecule has 4 rings (SSSR count). The zero-order chi connectivity index (χ0) is 26.5. The van der Waals surface area contributed by atoms with Gasteiger partial charge < -0.3 is 14.2 Å². The Hall–Kier alpha value is -3.49. The fourth-order valence-electron chi connectivity index (χ4n) is 3.18. The molecule has 1 fully saturated rings. The minimum Gasteiger partial charge on any atom is -0.493 e. The van der Waals surface area contributed by atoms with Crippen molar-refractivity contribution in [3.05, 3.63) is 54.5 Å². The van der Waals surface area contributed by atoms with Crippen LogP contribution in [0.5, 0.6) is 23.1 Å². The van der Waals surface area contributed by atoms with Crippen molar-refractivity contribution in [3.63, 3.8) is 0 Å². The molecule has 2 aromatic heterocycles. The highest BCUT2D eigenvalue weighted by molar-refractivity contribution is 7.92. The Kier molecular flexibility index (Phi) is 8.10. The monoisotopic (exact) mass is 549 g/mol. The van der Waals surface area contributed by atoms with Crippen molar-refractivity contribution in [2.45, 2.75) is 30.7 Å². The Balaban J connectivity index is 1.74. The second kappa shape index (κ2) is 11.3. The van der Waals surface area contributed by atoms with E-state index in [4.69, 9.17) is 14.2 Å². The molecule has 3 aromatic rings. The molecule has 198 valence electrons. The first kappa shape index (κ1) is 26.6. The quantitative estimate of drug-likeness (QED) is 0.304. The summed E-state index contributed by atoms with van der Waals surface area (Å²) in [6.07, 6.45) is 3.05. The minimum atomic E-state index is -4.14. The number of hydrogen-bond acceptors (Lipinski definition) is 10. The molecular weight excluding hydrogens is 522 g/mol. The molecule has 0 radical (unpaired) electrons. The molecule has 0 aliphatic heterocycles. The van der Waals surface area contributed by atoms with Crippen LogP contribution in [0, 0.1) is 0 Å². The van der Waals surface area contributed by atoms with Crippen LogP contribution in [0.4, 0.5) is 5.82 Å². The Morgan fingerprint density at radius 2 is 1.73 bits per heavy atom. The van der Waals surface area contributed by atoms with Crippen molar-refractivity contribution in [1.82, 2.24) is 19.7 Å². The number of para-hydroxylation sites is 2. The molecule has 12 nitrogen and oxygen atoms in total. The largest absolute Gasteiger partial charge is 0.493 e. The molecule has 0 amide bonds. The summed E-state index contributed by atoms with van der Waals surface area (Å²) in [5.74, 6) is 0.709. The third-order valence-corrected chi connectivity index (χ3v) is 7.92. The van der Waals surface area contributed by atoms with E-state index >= 15 is 0 Å². The van der Waals surface area contributed by atoms with Gasteiger partial charge in [0, 0.05) is 18.7 Å². The lowest BCUT2D eigenvalue weighted by atomic mass is 10.3.